The molecule has 1 aliphatic rings. The van der Waals surface area contributed by atoms with Crippen LogP contribution in [-0.4, -0.2) is 66.4 Å². The van der Waals surface area contributed by atoms with Crippen molar-refractivity contribution in [2.45, 2.75) is 46.6 Å². The molecular formula is C21H34N4O2. The minimum Gasteiger partial charge on any atom is -0.350 e. The number of amides is 2. The van der Waals surface area contributed by atoms with Gasteiger partial charge in [-0.1, -0.05) is 6.07 Å². The molecule has 0 radical (unpaired) electrons. The molecule has 1 fully saturated rings. The fourth-order valence-corrected chi connectivity index (χ4v) is 3.45. The molecule has 1 aliphatic heterocycles. The Bertz CT molecular complexity index is 646. The van der Waals surface area contributed by atoms with E-state index >= 15 is 0 Å². The predicted octanol–water partition coefficient (Wildman–Crippen LogP) is 2.16. The molecule has 6 nitrogen and oxygen atoms in total. The molecule has 0 aromatic heterocycles. The zero-order valence-corrected chi connectivity index (χ0v) is 17.4. The fourth-order valence-electron chi connectivity index (χ4n) is 3.45. The lowest BCUT2D eigenvalue weighted by Gasteiger charge is -2.25. The smallest absolute Gasteiger partial charge is 0.238 e. The number of hydrogen-bond donors (Lipinski definition) is 2. The van der Waals surface area contributed by atoms with E-state index < -0.39 is 0 Å². The number of rotatable bonds is 5. The highest BCUT2D eigenvalue weighted by atomic mass is 16.2. The second kappa shape index (κ2) is 9.33. The number of carbonyl (C=O) groups is 2. The summed E-state index contributed by atoms with van der Waals surface area (Å²) in [6, 6.07) is 6.07. The number of nitrogens with zero attached hydrogens (tertiary/aromatic N) is 2. The van der Waals surface area contributed by atoms with Crippen molar-refractivity contribution in [1.82, 2.24) is 15.1 Å². The Labute approximate surface area is 163 Å². The summed E-state index contributed by atoms with van der Waals surface area (Å²) in [5, 5.41) is 6.01. The Hall–Kier alpha value is -1.92. The van der Waals surface area contributed by atoms with E-state index in [-0.39, 0.29) is 17.4 Å². The van der Waals surface area contributed by atoms with Crippen molar-refractivity contribution in [3.8, 4) is 0 Å². The molecule has 0 bridgehead atoms. The molecule has 2 N–H and O–H groups in total. The van der Waals surface area contributed by atoms with Gasteiger partial charge < -0.3 is 10.6 Å². The maximum Gasteiger partial charge on any atom is 0.238 e. The zero-order chi connectivity index (χ0) is 20.0. The first-order valence-electron chi connectivity index (χ1n) is 9.74. The van der Waals surface area contributed by atoms with Crippen LogP contribution in [0.1, 0.15) is 38.3 Å². The van der Waals surface area contributed by atoms with Crippen molar-refractivity contribution in [2.75, 3.05) is 44.6 Å². The Morgan fingerprint density at radius 3 is 1.93 bits per heavy atom. The molecule has 1 aromatic carbocycles. The number of anilines is 1. The summed E-state index contributed by atoms with van der Waals surface area (Å²) in [6.07, 6.45) is 0.958. The van der Waals surface area contributed by atoms with Gasteiger partial charge in [-0.15, -0.1) is 0 Å². The Kier molecular flexibility index (Phi) is 7.39. The summed E-state index contributed by atoms with van der Waals surface area (Å²) in [5.41, 5.74) is 2.93. The summed E-state index contributed by atoms with van der Waals surface area (Å²) >= 11 is 0. The Morgan fingerprint density at radius 2 is 1.41 bits per heavy atom. The van der Waals surface area contributed by atoms with Crippen molar-refractivity contribution in [2.24, 2.45) is 0 Å². The minimum absolute atomic E-state index is 0.0129. The summed E-state index contributed by atoms with van der Waals surface area (Å²) in [4.78, 5) is 28.9. The van der Waals surface area contributed by atoms with E-state index in [9.17, 15) is 9.59 Å². The molecule has 27 heavy (non-hydrogen) atoms. The molecule has 1 aromatic rings. The number of aryl methyl sites for hydroxylation is 2. The standard InChI is InChI=1S/C21H34N4O2/c1-16-11-17(2)13-18(12-16)22-19(26)14-24-7-6-8-25(10-9-24)15-20(27)23-21(3,4)5/h11-13H,6-10,14-15H2,1-5H3,(H,22,26)(H,23,27). The van der Waals surface area contributed by atoms with E-state index in [4.69, 9.17) is 0 Å². The normalized spacial score (nSPS) is 16.6. The van der Waals surface area contributed by atoms with E-state index in [1.807, 2.05) is 46.8 Å². The van der Waals surface area contributed by atoms with Gasteiger partial charge in [0.25, 0.3) is 0 Å². The molecule has 0 atom stereocenters. The average molecular weight is 375 g/mol. The minimum atomic E-state index is -0.207. The van der Waals surface area contributed by atoms with Gasteiger partial charge in [0.15, 0.2) is 0 Å². The molecule has 0 spiro atoms. The maximum absolute atomic E-state index is 12.4. The van der Waals surface area contributed by atoms with E-state index in [0.29, 0.717) is 13.1 Å². The van der Waals surface area contributed by atoms with Gasteiger partial charge in [-0.3, -0.25) is 19.4 Å². The molecule has 0 aliphatic carbocycles. The molecule has 1 heterocycles. The van der Waals surface area contributed by atoms with E-state index in [1.54, 1.807) is 0 Å². The van der Waals surface area contributed by atoms with Crippen molar-refractivity contribution < 1.29 is 9.59 Å². The van der Waals surface area contributed by atoms with E-state index in [2.05, 4.69) is 26.5 Å². The van der Waals surface area contributed by atoms with E-state index in [1.165, 1.54) is 0 Å². The quantitative estimate of drug-likeness (QED) is 0.829. The van der Waals surface area contributed by atoms with Crippen molar-refractivity contribution >= 4 is 17.5 Å². The third-order valence-corrected chi connectivity index (χ3v) is 4.44. The first kappa shape index (κ1) is 21.4. The number of hydrogen-bond acceptors (Lipinski definition) is 4. The zero-order valence-electron chi connectivity index (χ0n) is 17.4. The number of benzene rings is 1. The highest BCUT2D eigenvalue weighted by molar-refractivity contribution is 5.92. The van der Waals surface area contributed by atoms with Crippen LogP contribution < -0.4 is 10.6 Å². The molecule has 0 unspecified atom stereocenters. The molecule has 1 saturated heterocycles. The van der Waals surface area contributed by atoms with Gasteiger partial charge in [-0.05, 0) is 77.4 Å². The summed E-state index contributed by atoms with van der Waals surface area (Å²) in [6.45, 7) is 14.2. The van der Waals surface area contributed by atoms with Gasteiger partial charge in [0.2, 0.25) is 11.8 Å². The summed E-state index contributed by atoms with van der Waals surface area (Å²) in [7, 11) is 0. The summed E-state index contributed by atoms with van der Waals surface area (Å²) in [5.74, 6) is 0.0717. The van der Waals surface area contributed by atoms with Gasteiger partial charge in [0, 0.05) is 24.3 Å². The van der Waals surface area contributed by atoms with Crippen molar-refractivity contribution in [1.29, 1.82) is 0 Å². The molecule has 2 amide bonds. The van der Waals surface area contributed by atoms with Gasteiger partial charge in [0.1, 0.15) is 0 Å². The lowest BCUT2D eigenvalue weighted by atomic mass is 10.1. The first-order chi connectivity index (χ1) is 12.6. The molecule has 6 heteroatoms. The monoisotopic (exact) mass is 374 g/mol. The molecule has 150 valence electrons. The Balaban J connectivity index is 1.80. The fraction of sp³-hybridized carbons (Fsp3) is 0.619. The topological polar surface area (TPSA) is 64.7 Å². The third-order valence-electron chi connectivity index (χ3n) is 4.44. The number of carbonyl (C=O) groups excluding carboxylic acids is 2. The number of nitrogens with one attached hydrogen (secondary N) is 2. The Morgan fingerprint density at radius 1 is 0.889 bits per heavy atom. The van der Waals surface area contributed by atoms with Gasteiger partial charge in [-0.2, -0.15) is 0 Å². The lowest BCUT2D eigenvalue weighted by molar-refractivity contribution is -0.123. The third kappa shape index (κ3) is 8.10. The molecule has 0 saturated carbocycles. The van der Waals surface area contributed by atoms with Crippen LogP contribution in [0.2, 0.25) is 0 Å². The van der Waals surface area contributed by atoms with Crippen molar-refractivity contribution in [3.63, 3.8) is 0 Å². The van der Waals surface area contributed by atoms with Crippen LogP contribution in [0.15, 0.2) is 18.2 Å². The highest BCUT2D eigenvalue weighted by Crippen LogP contribution is 2.14. The molecule has 2 rings (SSSR count). The lowest BCUT2D eigenvalue weighted by Crippen LogP contribution is -2.46. The second-order valence-corrected chi connectivity index (χ2v) is 8.63. The van der Waals surface area contributed by atoms with Gasteiger partial charge >= 0.3 is 0 Å². The average Bonchev–Trinajstić information content (AvgIpc) is 2.69. The van der Waals surface area contributed by atoms with Gasteiger partial charge in [0.05, 0.1) is 13.1 Å². The molecular weight excluding hydrogens is 340 g/mol. The predicted molar refractivity (Wildman–Crippen MR) is 110 cm³/mol. The van der Waals surface area contributed by atoms with Crippen LogP contribution in [0.4, 0.5) is 5.69 Å². The van der Waals surface area contributed by atoms with Crippen LogP contribution in [0.3, 0.4) is 0 Å². The van der Waals surface area contributed by atoms with Crippen LogP contribution in [0.5, 0.6) is 0 Å². The first-order valence-corrected chi connectivity index (χ1v) is 9.74. The SMILES string of the molecule is Cc1cc(C)cc(NC(=O)CN2CCCN(CC(=O)NC(C)(C)C)CC2)c1. The largest absolute Gasteiger partial charge is 0.350 e. The van der Waals surface area contributed by atoms with Crippen LogP contribution in [0, 0.1) is 13.8 Å². The maximum atomic E-state index is 12.4. The van der Waals surface area contributed by atoms with Crippen LogP contribution >= 0.6 is 0 Å². The highest BCUT2D eigenvalue weighted by Gasteiger charge is 2.20. The second-order valence-electron chi connectivity index (χ2n) is 8.63. The van der Waals surface area contributed by atoms with Crippen LogP contribution in [0.25, 0.3) is 0 Å². The van der Waals surface area contributed by atoms with Crippen molar-refractivity contribution in [3.05, 3.63) is 29.3 Å². The summed E-state index contributed by atoms with van der Waals surface area (Å²) < 4.78 is 0. The van der Waals surface area contributed by atoms with Crippen LogP contribution in [-0.2, 0) is 9.59 Å². The van der Waals surface area contributed by atoms with E-state index in [0.717, 1.165) is 49.4 Å². The van der Waals surface area contributed by atoms with Gasteiger partial charge in [-0.25, -0.2) is 0 Å².